The standard InChI is InChI=1S/C26H35N5O2.HI/c1-2-27-26(29-16-9-15-28-25(33)23-12-7-4-8-13-23)30-19-22-18-24(32)31(20-22)17-14-21-10-5-3-6-11-21;/h3-8,10-13,22H,2,9,14-20H2,1H3,(H,28,33)(H2,27,29,30);1H. The topological polar surface area (TPSA) is 85.8 Å². The summed E-state index contributed by atoms with van der Waals surface area (Å²) in [6, 6.07) is 19.5. The molecule has 1 heterocycles. The quantitative estimate of drug-likeness (QED) is 0.166. The molecule has 1 aliphatic heterocycles. The Morgan fingerprint density at radius 1 is 1.00 bits per heavy atom. The highest BCUT2D eigenvalue weighted by molar-refractivity contribution is 14.0. The van der Waals surface area contributed by atoms with E-state index in [0.717, 1.165) is 38.4 Å². The Labute approximate surface area is 219 Å². The van der Waals surface area contributed by atoms with Crippen LogP contribution in [-0.4, -0.2) is 61.9 Å². The van der Waals surface area contributed by atoms with Gasteiger partial charge in [0.05, 0.1) is 0 Å². The molecule has 7 nitrogen and oxygen atoms in total. The van der Waals surface area contributed by atoms with Gasteiger partial charge in [0, 0.05) is 57.2 Å². The highest BCUT2D eigenvalue weighted by atomic mass is 127. The van der Waals surface area contributed by atoms with Crippen LogP contribution in [0.15, 0.2) is 65.7 Å². The second-order valence-corrected chi connectivity index (χ2v) is 8.27. The van der Waals surface area contributed by atoms with E-state index in [1.54, 1.807) is 12.1 Å². The fraction of sp³-hybridized carbons (Fsp3) is 0.423. The van der Waals surface area contributed by atoms with Crippen molar-refractivity contribution in [2.75, 3.05) is 39.3 Å². The maximum absolute atomic E-state index is 12.4. The number of aliphatic imine (C=N–C) groups is 1. The van der Waals surface area contributed by atoms with Crippen LogP contribution in [0.2, 0.25) is 0 Å². The summed E-state index contributed by atoms with van der Waals surface area (Å²) in [6.45, 7) is 6.23. The molecule has 8 heteroatoms. The molecule has 0 aliphatic carbocycles. The van der Waals surface area contributed by atoms with Gasteiger partial charge in [0.25, 0.3) is 5.91 Å². The highest BCUT2D eigenvalue weighted by Crippen LogP contribution is 2.18. The predicted octanol–water partition coefficient (Wildman–Crippen LogP) is 3.07. The lowest BCUT2D eigenvalue weighted by Gasteiger charge is -2.16. The average molecular weight is 578 g/mol. The average Bonchev–Trinajstić information content (AvgIpc) is 3.21. The van der Waals surface area contributed by atoms with Gasteiger partial charge in [-0.15, -0.1) is 24.0 Å². The Morgan fingerprint density at radius 2 is 1.68 bits per heavy atom. The number of likely N-dealkylation sites (tertiary alicyclic amines) is 1. The number of halogens is 1. The smallest absolute Gasteiger partial charge is 0.251 e. The van der Waals surface area contributed by atoms with Crippen molar-refractivity contribution >= 4 is 41.8 Å². The fourth-order valence-corrected chi connectivity index (χ4v) is 3.85. The molecule has 1 aliphatic rings. The summed E-state index contributed by atoms with van der Waals surface area (Å²) in [4.78, 5) is 31.1. The molecule has 1 fully saturated rings. The van der Waals surface area contributed by atoms with Crippen LogP contribution in [0, 0.1) is 5.92 Å². The summed E-state index contributed by atoms with van der Waals surface area (Å²) in [5, 5.41) is 9.50. The molecule has 34 heavy (non-hydrogen) atoms. The molecule has 0 bridgehead atoms. The van der Waals surface area contributed by atoms with Crippen molar-refractivity contribution in [2.24, 2.45) is 10.9 Å². The van der Waals surface area contributed by atoms with Crippen LogP contribution in [0.25, 0.3) is 0 Å². The summed E-state index contributed by atoms with van der Waals surface area (Å²) in [6.07, 6.45) is 2.23. The predicted molar refractivity (Wildman–Crippen MR) is 148 cm³/mol. The van der Waals surface area contributed by atoms with Crippen LogP contribution in [0.3, 0.4) is 0 Å². The molecule has 3 N–H and O–H groups in total. The molecular weight excluding hydrogens is 541 g/mol. The van der Waals surface area contributed by atoms with Crippen molar-refractivity contribution in [1.82, 2.24) is 20.9 Å². The molecule has 2 aromatic rings. The maximum atomic E-state index is 12.4. The van der Waals surface area contributed by atoms with Gasteiger partial charge in [-0.25, -0.2) is 0 Å². The van der Waals surface area contributed by atoms with Crippen molar-refractivity contribution in [1.29, 1.82) is 0 Å². The van der Waals surface area contributed by atoms with Crippen molar-refractivity contribution in [3.05, 3.63) is 71.8 Å². The summed E-state index contributed by atoms with van der Waals surface area (Å²) < 4.78 is 0. The van der Waals surface area contributed by atoms with Crippen LogP contribution < -0.4 is 16.0 Å². The molecule has 0 aromatic heterocycles. The minimum absolute atomic E-state index is 0. The number of carbonyl (C=O) groups is 2. The number of hydrogen-bond donors (Lipinski definition) is 3. The van der Waals surface area contributed by atoms with Crippen molar-refractivity contribution < 1.29 is 9.59 Å². The number of amides is 2. The summed E-state index contributed by atoms with van der Waals surface area (Å²) in [7, 11) is 0. The number of carbonyl (C=O) groups excluding carboxylic acids is 2. The zero-order valence-electron chi connectivity index (χ0n) is 19.8. The van der Waals surface area contributed by atoms with E-state index in [0.29, 0.717) is 31.6 Å². The molecule has 1 unspecified atom stereocenters. The third-order valence-electron chi connectivity index (χ3n) is 5.63. The van der Waals surface area contributed by atoms with E-state index in [4.69, 9.17) is 4.99 Å². The van der Waals surface area contributed by atoms with Crippen molar-refractivity contribution in [3.63, 3.8) is 0 Å². The molecule has 0 spiro atoms. The van der Waals surface area contributed by atoms with E-state index < -0.39 is 0 Å². The first-order valence-corrected chi connectivity index (χ1v) is 11.8. The van der Waals surface area contributed by atoms with Gasteiger partial charge in [-0.2, -0.15) is 0 Å². The highest BCUT2D eigenvalue weighted by Gasteiger charge is 2.29. The number of rotatable bonds is 11. The SMILES string of the molecule is CCNC(=NCC1CC(=O)N(CCc2ccccc2)C1)NCCCNC(=O)c1ccccc1.I. The third kappa shape index (κ3) is 9.32. The van der Waals surface area contributed by atoms with Gasteiger partial charge in [0.15, 0.2) is 5.96 Å². The minimum Gasteiger partial charge on any atom is -0.357 e. The van der Waals surface area contributed by atoms with Gasteiger partial charge in [0.2, 0.25) is 5.91 Å². The molecule has 2 aromatic carbocycles. The van der Waals surface area contributed by atoms with Gasteiger partial charge in [-0.05, 0) is 37.5 Å². The lowest BCUT2D eigenvalue weighted by Crippen LogP contribution is -2.39. The Bertz CT molecular complexity index is 908. The molecule has 184 valence electrons. The summed E-state index contributed by atoms with van der Waals surface area (Å²) >= 11 is 0. The molecule has 0 saturated carbocycles. The number of nitrogens with zero attached hydrogens (tertiary/aromatic N) is 2. The number of guanidine groups is 1. The van der Waals surface area contributed by atoms with Crippen molar-refractivity contribution in [3.8, 4) is 0 Å². The summed E-state index contributed by atoms with van der Waals surface area (Å²) in [5.74, 6) is 1.16. The molecular formula is C26H36IN5O2. The Hall–Kier alpha value is -2.62. The zero-order chi connectivity index (χ0) is 23.3. The van der Waals surface area contributed by atoms with Gasteiger partial charge < -0.3 is 20.9 Å². The Morgan fingerprint density at radius 3 is 2.38 bits per heavy atom. The lowest BCUT2D eigenvalue weighted by atomic mass is 10.1. The zero-order valence-corrected chi connectivity index (χ0v) is 22.2. The first-order chi connectivity index (χ1) is 16.2. The van der Waals surface area contributed by atoms with Gasteiger partial charge in [0.1, 0.15) is 0 Å². The second kappa shape index (κ2) is 15.3. The van der Waals surface area contributed by atoms with Crippen molar-refractivity contribution in [2.45, 2.75) is 26.2 Å². The molecule has 1 atom stereocenters. The van der Waals surface area contributed by atoms with Gasteiger partial charge in [-0.1, -0.05) is 48.5 Å². The normalized spacial score (nSPS) is 15.6. The van der Waals surface area contributed by atoms with Crippen LogP contribution in [-0.2, 0) is 11.2 Å². The molecule has 1 saturated heterocycles. The second-order valence-electron chi connectivity index (χ2n) is 8.27. The van der Waals surface area contributed by atoms with Gasteiger partial charge in [-0.3, -0.25) is 14.6 Å². The number of hydrogen-bond acceptors (Lipinski definition) is 3. The van der Waals surface area contributed by atoms with E-state index in [9.17, 15) is 9.59 Å². The summed E-state index contributed by atoms with van der Waals surface area (Å²) in [5.41, 5.74) is 1.93. The van der Waals surface area contributed by atoms with Crippen LogP contribution in [0.1, 0.15) is 35.7 Å². The number of benzene rings is 2. The fourth-order valence-electron chi connectivity index (χ4n) is 3.85. The minimum atomic E-state index is -0.0566. The molecule has 0 radical (unpaired) electrons. The van der Waals surface area contributed by atoms with Gasteiger partial charge >= 0.3 is 0 Å². The molecule has 2 amide bonds. The van der Waals surface area contributed by atoms with E-state index in [2.05, 4.69) is 28.1 Å². The lowest BCUT2D eigenvalue weighted by molar-refractivity contribution is -0.127. The Balaban J connectivity index is 0.00000408. The van der Waals surface area contributed by atoms with Crippen LogP contribution in [0.4, 0.5) is 0 Å². The van der Waals surface area contributed by atoms with E-state index in [1.807, 2.05) is 48.2 Å². The van der Waals surface area contributed by atoms with E-state index in [1.165, 1.54) is 5.56 Å². The number of nitrogens with one attached hydrogen (secondary N) is 3. The van der Waals surface area contributed by atoms with E-state index >= 15 is 0 Å². The largest absolute Gasteiger partial charge is 0.357 e. The van der Waals surface area contributed by atoms with Crippen LogP contribution >= 0.6 is 24.0 Å². The monoisotopic (exact) mass is 577 g/mol. The first-order valence-electron chi connectivity index (χ1n) is 11.8. The maximum Gasteiger partial charge on any atom is 0.251 e. The first kappa shape index (κ1) is 27.6. The Kier molecular flexibility index (Phi) is 12.4. The molecule has 3 rings (SSSR count). The van der Waals surface area contributed by atoms with E-state index in [-0.39, 0.29) is 41.7 Å². The van der Waals surface area contributed by atoms with Crippen LogP contribution in [0.5, 0.6) is 0 Å². The third-order valence-corrected chi connectivity index (χ3v) is 5.63.